The summed E-state index contributed by atoms with van der Waals surface area (Å²) in [6.45, 7) is 0.586. The predicted octanol–water partition coefficient (Wildman–Crippen LogP) is 0.499. The van der Waals surface area contributed by atoms with Gasteiger partial charge in [-0.05, 0) is 17.7 Å². The van der Waals surface area contributed by atoms with E-state index in [-0.39, 0.29) is 25.8 Å². The van der Waals surface area contributed by atoms with Gasteiger partial charge in [0.1, 0.15) is 6.61 Å². The van der Waals surface area contributed by atoms with Crippen LogP contribution in [0.4, 0.5) is 4.79 Å². The summed E-state index contributed by atoms with van der Waals surface area (Å²) in [5.41, 5.74) is 0.844. The Balaban J connectivity index is 2.62. The lowest BCUT2D eigenvalue weighted by Crippen LogP contribution is -2.36. The first-order valence-electron chi connectivity index (χ1n) is 6.07. The van der Waals surface area contributed by atoms with Gasteiger partial charge in [-0.3, -0.25) is 0 Å². The van der Waals surface area contributed by atoms with Crippen LogP contribution in [0.15, 0.2) is 18.2 Å². The molecule has 0 aliphatic heterocycles. The van der Waals surface area contributed by atoms with E-state index in [4.69, 9.17) is 21.0 Å². The number of benzene rings is 1. The van der Waals surface area contributed by atoms with Crippen molar-refractivity contribution >= 4 is 6.03 Å². The van der Waals surface area contributed by atoms with Crippen molar-refractivity contribution in [2.24, 2.45) is 0 Å². The fourth-order valence-electron chi connectivity index (χ4n) is 1.48. The molecule has 0 radical (unpaired) electrons. The molecule has 0 aliphatic carbocycles. The molecule has 0 aromatic heterocycles. The van der Waals surface area contributed by atoms with Gasteiger partial charge in [0, 0.05) is 13.1 Å². The maximum atomic E-state index is 11.3. The number of hydrogen-bond donors (Lipinski definition) is 3. The van der Waals surface area contributed by atoms with Gasteiger partial charge < -0.3 is 25.2 Å². The number of amides is 2. The Labute approximate surface area is 118 Å². The van der Waals surface area contributed by atoms with Crippen LogP contribution in [0.1, 0.15) is 5.56 Å². The van der Waals surface area contributed by atoms with E-state index in [2.05, 4.69) is 16.6 Å². The third kappa shape index (κ3) is 5.08. The number of ether oxygens (including phenoxy) is 2. The molecular weight excluding hydrogens is 260 g/mol. The molecule has 108 valence electrons. The first kappa shape index (κ1) is 15.7. The smallest absolute Gasteiger partial charge is 0.315 e. The lowest BCUT2D eigenvalue weighted by molar-refractivity contribution is 0.234. The minimum Gasteiger partial charge on any atom is -0.493 e. The minimum atomic E-state index is -0.346. The number of urea groups is 1. The van der Waals surface area contributed by atoms with Crippen LogP contribution < -0.4 is 20.1 Å². The van der Waals surface area contributed by atoms with Crippen LogP contribution in [0.2, 0.25) is 0 Å². The third-order valence-corrected chi connectivity index (χ3v) is 2.39. The number of rotatable bonds is 7. The summed E-state index contributed by atoms with van der Waals surface area (Å²) in [4.78, 5) is 11.3. The molecule has 0 bridgehead atoms. The SMILES string of the molecule is C#CCOc1cc(CNC(=O)NCCO)ccc1OC. The summed E-state index contributed by atoms with van der Waals surface area (Å²) in [5.74, 6) is 3.48. The molecule has 0 fully saturated rings. The maximum Gasteiger partial charge on any atom is 0.315 e. The minimum absolute atomic E-state index is 0.0972. The molecule has 6 nitrogen and oxygen atoms in total. The Hall–Kier alpha value is -2.39. The summed E-state index contributed by atoms with van der Waals surface area (Å²) in [6, 6.07) is 4.96. The number of nitrogens with one attached hydrogen (secondary N) is 2. The standard InChI is InChI=1S/C14H18N2O4/c1-3-8-20-13-9-11(4-5-12(13)19-2)10-16-14(18)15-6-7-17/h1,4-5,9,17H,6-8,10H2,2H3,(H2,15,16,18). The Morgan fingerprint density at radius 1 is 1.40 bits per heavy atom. The van der Waals surface area contributed by atoms with Gasteiger partial charge in [0.25, 0.3) is 0 Å². The van der Waals surface area contributed by atoms with Gasteiger partial charge in [-0.25, -0.2) is 4.79 Å². The molecule has 1 aromatic rings. The second-order valence-electron chi connectivity index (χ2n) is 3.81. The van der Waals surface area contributed by atoms with Gasteiger partial charge in [-0.15, -0.1) is 6.42 Å². The van der Waals surface area contributed by atoms with Gasteiger partial charge in [0.05, 0.1) is 13.7 Å². The van der Waals surface area contributed by atoms with Crippen LogP contribution in [0, 0.1) is 12.3 Å². The van der Waals surface area contributed by atoms with Gasteiger partial charge in [-0.2, -0.15) is 0 Å². The number of hydrogen-bond acceptors (Lipinski definition) is 4. The summed E-state index contributed by atoms with van der Waals surface area (Å²) in [7, 11) is 1.54. The highest BCUT2D eigenvalue weighted by atomic mass is 16.5. The summed E-state index contributed by atoms with van der Waals surface area (Å²) >= 11 is 0. The molecule has 0 aliphatic rings. The lowest BCUT2D eigenvalue weighted by atomic mass is 10.2. The summed E-state index contributed by atoms with van der Waals surface area (Å²) in [5, 5.41) is 13.7. The van der Waals surface area contributed by atoms with E-state index in [1.54, 1.807) is 19.2 Å². The Kier molecular flexibility index (Phi) is 6.79. The number of terminal acetylenes is 1. The molecule has 20 heavy (non-hydrogen) atoms. The van der Waals surface area contributed by atoms with Crippen molar-refractivity contribution in [1.82, 2.24) is 10.6 Å². The highest BCUT2D eigenvalue weighted by Crippen LogP contribution is 2.27. The van der Waals surface area contributed by atoms with Gasteiger partial charge in [0.2, 0.25) is 0 Å². The van der Waals surface area contributed by atoms with Crippen LogP contribution >= 0.6 is 0 Å². The van der Waals surface area contributed by atoms with Gasteiger partial charge >= 0.3 is 6.03 Å². The van der Waals surface area contributed by atoms with Gasteiger partial charge in [-0.1, -0.05) is 12.0 Å². The van der Waals surface area contributed by atoms with Crippen molar-refractivity contribution in [3.05, 3.63) is 23.8 Å². The van der Waals surface area contributed by atoms with E-state index < -0.39 is 0 Å². The van der Waals surface area contributed by atoms with Crippen molar-refractivity contribution in [2.45, 2.75) is 6.54 Å². The molecule has 0 spiro atoms. The molecule has 0 atom stereocenters. The van der Waals surface area contributed by atoms with E-state index in [0.717, 1.165) is 5.56 Å². The number of aliphatic hydroxyl groups is 1. The highest BCUT2D eigenvalue weighted by molar-refractivity contribution is 5.73. The second kappa shape index (κ2) is 8.67. The van der Waals surface area contributed by atoms with Crippen LogP contribution in [0.5, 0.6) is 11.5 Å². The molecule has 1 rings (SSSR count). The molecule has 0 saturated heterocycles. The van der Waals surface area contributed by atoms with Crippen molar-refractivity contribution in [2.75, 3.05) is 26.9 Å². The average molecular weight is 278 g/mol. The largest absolute Gasteiger partial charge is 0.493 e. The quantitative estimate of drug-likeness (QED) is 0.635. The summed E-state index contributed by atoms with van der Waals surface area (Å²) in [6.07, 6.45) is 5.15. The fraction of sp³-hybridized carbons (Fsp3) is 0.357. The topological polar surface area (TPSA) is 79.8 Å². The van der Waals surface area contributed by atoms with Crippen molar-refractivity contribution in [1.29, 1.82) is 0 Å². The number of aliphatic hydroxyl groups excluding tert-OH is 1. The monoisotopic (exact) mass is 278 g/mol. The van der Waals surface area contributed by atoms with E-state index >= 15 is 0 Å². The molecule has 0 unspecified atom stereocenters. The lowest BCUT2D eigenvalue weighted by Gasteiger charge is -2.11. The number of methoxy groups -OCH3 is 1. The van der Waals surface area contributed by atoms with E-state index in [9.17, 15) is 4.79 Å². The third-order valence-electron chi connectivity index (χ3n) is 2.39. The molecular formula is C14H18N2O4. The molecule has 3 N–H and O–H groups in total. The first-order valence-corrected chi connectivity index (χ1v) is 6.07. The van der Waals surface area contributed by atoms with E-state index in [0.29, 0.717) is 18.0 Å². The molecule has 0 saturated carbocycles. The number of carbonyl (C=O) groups is 1. The van der Waals surface area contributed by atoms with Crippen molar-refractivity contribution in [3.63, 3.8) is 0 Å². The molecule has 6 heteroatoms. The van der Waals surface area contributed by atoms with E-state index in [1.165, 1.54) is 0 Å². The normalized spacial score (nSPS) is 9.45. The van der Waals surface area contributed by atoms with Crippen LogP contribution in [-0.4, -0.2) is 38.0 Å². The molecule has 2 amide bonds. The van der Waals surface area contributed by atoms with Crippen LogP contribution in [-0.2, 0) is 6.54 Å². The first-order chi connectivity index (χ1) is 9.71. The fourth-order valence-corrected chi connectivity index (χ4v) is 1.48. The average Bonchev–Trinajstić information content (AvgIpc) is 2.48. The summed E-state index contributed by atoms with van der Waals surface area (Å²) < 4.78 is 10.5. The van der Waals surface area contributed by atoms with Crippen LogP contribution in [0.3, 0.4) is 0 Å². The van der Waals surface area contributed by atoms with Gasteiger partial charge in [0.15, 0.2) is 11.5 Å². The van der Waals surface area contributed by atoms with E-state index in [1.807, 2.05) is 6.07 Å². The zero-order valence-electron chi connectivity index (χ0n) is 11.3. The Morgan fingerprint density at radius 2 is 2.20 bits per heavy atom. The van der Waals surface area contributed by atoms with Crippen LogP contribution in [0.25, 0.3) is 0 Å². The molecule has 0 heterocycles. The zero-order chi connectivity index (χ0) is 14.8. The number of carbonyl (C=O) groups excluding carboxylic acids is 1. The van der Waals surface area contributed by atoms with Crippen molar-refractivity contribution < 1.29 is 19.4 Å². The predicted molar refractivity (Wildman–Crippen MR) is 74.6 cm³/mol. The zero-order valence-corrected chi connectivity index (χ0v) is 11.3. The highest BCUT2D eigenvalue weighted by Gasteiger charge is 2.06. The maximum absolute atomic E-state index is 11.3. The Bertz CT molecular complexity index is 483. The second-order valence-corrected chi connectivity index (χ2v) is 3.81. The van der Waals surface area contributed by atoms with Crippen molar-refractivity contribution in [3.8, 4) is 23.8 Å². The molecule has 1 aromatic carbocycles. The Morgan fingerprint density at radius 3 is 2.85 bits per heavy atom.